The number of halogens is 5. The number of methoxy groups -OCH3 is 2. The molecule has 0 saturated heterocycles. The molecule has 0 radical (unpaired) electrons. The Bertz CT molecular complexity index is 1270. The number of aliphatic hydroxyl groups is 1. The average molecular weight is 604 g/mol. The van der Waals surface area contributed by atoms with E-state index < -0.39 is 71.8 Å². The number of benzene rings is 2. The number of hydrogen-bond donors (Lipinski definition) is 4. The molecular weight excluding hydrogens is 573 g/mol. The summed E-state index contributed by atoms with van der Waals surface area (Å²) in [6, 6.07) is 4.16. The first-order valence-corrected chi connectivity index (χ1v) is 12.4. The summed E-state index contributed by atoms with van der Waals surface area (Å²) in [7, 11) is 2.44. The molecule has 0 aromatic heterocycles. The second kappa shape index (κ2) is 14.1. The number of nitrogens with one attached hydrogen (secondary N) is 3. The number of aliphatic hydroxyl groups excluding tert-OH is 1. The van der Waals surface area contributed by atoms with Crippen molar-refractivity contribution in [2.75, 3.05) is 20.8 Å². The molecule has 2 aromatic carbocycles. The van der Waals surface area contributed by atoms with Crippen LogP contribution in [-0.4, -0.2) is 67.7 Å². The van der Waals surface area contributed by atoms with Crippen LogP contribution in [0.3, 0.4) is 0 Å². The Morgan fingerprint density at radius 1 is 0.833 bits per heavy atom. The molecule has 2 rings (SSSR count). The van der Waals surface area contributed by atoms with Gasteiger partial charge in [0.05, 0.1) is 32.4 Å². The van der Waals surface area contributed by atoms with Gasteiger partial charge in [0.1, 0.15) is 23.6 Å². The van der Waals surface area contributed by atoms with Gasteiger partial charge in [-0.3, -0.25) is 19.2 Å². The van der Waals surface area contributed by atoms with E-state index >= 15 is 0 Å². The fraction of sp³-hybridized carbons (Fsp3) is 0.407. The van der Waals surface area contributed by atoms with Crippen LogP contribution in [0.5, 0.6) is 11.5 Å². The molecule has 3 unspecified atom stereocenters. The van der Waals surface area contributed by atoms with E-state index in [1.54, 1.807) is 5.32 Å². The van der Waals surface area contributed by atoms with Gasteiger partial charge in [-0.05, 0) is 35.7 Å². The number of Topliss-reactive ketones (excluding diaryl/α,β-unsaturated/α-hetero) is 1. The summed E-state index contributed by atoms with van der Waals surface area (Å²) in [6.45, 7) is 1.32. The van der Waals surface area contributed by atoms with Gasteiger partial charge < -0.3 is 30.5 Å². The van der Waals surface area contributed by atoms with Crippen LogP contribution < -0.4 is 25.4 Å². The van der Waals surface area contributed by atoms with Gasteiger partial charge in [-0.2, -0.15) is 22.0 Å². The fourth-order valence-corrected chi connectivity index (χ4v) is 3.76. The molecule has 15 heteroatoms. The monoisotopic (exact) mass is 603 g/mol. The molecule has 0 aliphatic heterocycles. The molecular formula is C27H30F5N3O7. The van der Waals surface area contributed by atoms with Gasteiger partial charge in [0, 0.05) is 0 Å². The van der Waals surface area contributed by atoms with Gasteiger partial charge in [-0.15, -0.1) is 0 Å². The molecule has 42 heavy (non-hydrogen) atoms. The Morgan fingerprint density at radius 2 is 1.43 bits per heavy atom. The van der Waals surface area contributed by atoms with Gasteiger partial charge in [0.2, 0.25) is 11.8 Å². The topological polar surface area (TPSA) is 143 Å². The Hall–Kier alpha value is -4.27. The first kappa shape index (κ1) is 33.9. The SMILES string of the molecule is COc1ccc(C(NC(=O)C(CO)NC(=O)C(F)(F)c2ccccc2OC)C(=O)NC(C(=O)C(F)(F)F)C(C)C)cc1. The molecule has 10 nitrogen and oxygen atoms in total. The molecule has 0 bridgehead atoms. The number of ketones is 1. The second-order valence-corrected chi connectivity index (χ2v) is 9.29. The van der Waals surface area contributed by atoms with Crippen molar-refractivity contribution in [2.45, 2.75) is 44.1 Å². The van der Waals surface area contributed by atoms with Crippen LogP contribution in [-0.2, 0) is 25.1 Å². The van der Waals surface area contributed by atoms with Gasteiger partial charge in [0.25, 0.3) is 11.7 Å². The van der Waals surface area contributed by atoms with E-state index in [9.17, 15) is 46.2 Å². The number of ether oxygens (including phenoxy) is 2. The number of rotatable bonds is 13. The minimum Gasteiger partial charge on any atom is -0.497 e. The van der Waals surface area contributed by atoms with Crippen molar-refractivity contribution >= 4 is 23.5 Å². The lowest BCUT2D eigenvalue weighted by Crippen LogP contribution is -2.56. The zero-order chi connectivity index (χ0) is 31.8. The number of amides is 3. The van der Waals surface area contributed by atoms with Crippen molar-refractivity contribution in [2.24, 2.45) is 5.92 Å². The summed E-state index contributed by atoms with van der Waals surface area (Å²) in [6.07, 6.45) is -5.28. The maximum atomic E-state index is 15.0. The van der Waals surface area contributed by atoms with Crippen molar-refractivity contribution < 1.29 is 55.7 Å². The zero-order valence-electron chi connectivity index (χ0n) is 22.9. The summed E-state index contributed by atoms with van der Waals surface area (Å²) in [5.74, 6) is -12.1. The van der Waals surface area contributed by atoms with E-state index in [1.165, 1.54) is 63.4 Å². The fourth-order valence-electron chi connectivity index (χ4n) is 3.76. The van der Waals surface area contributed by atoms with Crippen LogP contribution in [0.25, 0.3) is 0 Å². The van der Waals surface area contributed by atoms with E-state index in [0.29, 0.717) is 5.75 Å². The summed E-state index contributed by atoms with van der Waals surface area (Å²) < 4.78 is 79.3. The van der Waals surface area contributed by atoms with Crippen LogP contribution >= 0.6 is 0 Å². The average Bonchev–Trinajstić information content (AvgIpc) is 2.95. The van der Waals surface area contributed by atoms with Crippen LogP contribution in [0.4, 0.5) is 22.0 Å². The van der Waals surface area contributed by atoms with Crippen molar-refractivity contribution in [3.63, 3.8) is 0 Å². The molecule has 3 atom stereocenters. The minimum atomic E-state index is -5.28. The highest BCUT2D eigenvalue weighted by Gasteiger charge is 2.46. The number of carbonyl (C=O) groups excluding carboxylic acids is 4. The lowest BCUT2D eigenvalue weighted by molar-refractivity contribution is -0.175. The first-order chi connectivity index (χ1) is 19.6. The second-order valence-electron chi connectivity index (χ2n) is 9.29. The molecule has 0 aliphatic carbocycles. The lowest BCUT2D eigenvalue weighted by atomic mass is 9.97. The molecule has 0 heterocycles. The predicted molar refractivity (Wildman–Crippen MR) is 138 cm³/mol. The number of hydrogen-bond acceptors (Lipinski definition) is 7. The van der Waals surface area contributed by atoms with Crippen molar-refractivity contribution in [3.05, 3.63) is 59.7 Å². The number of para-hydroxylation sites is 1. The third-order valence-corrected chi connectivity index (χ3v) is 6.06. The van der Waals surface area contributed by atoms with Crippen LogP contribution in [0, 0.1) is 5.92 Å². The van der Waals surface area contributed by atoms with E-state index in [1.807, 2.05) is 5.32 Å². The van der Waals surface area contributed by atoms with Crippen molar-refractivity contribution in [1.82, 2.24) is 16.0 Å². The smallest absolute Gasteiger partial charge is 0.452 e. The van der Waals surface area contributed by atoms with E-state index in [0.717, 1.165) is 13.2 Å². The quantitative estimate of drug-likeness (QED) is 0.258. The van der Waals surface area contributed by atoms with Gasteiger partial charge >= 0.3 is 12.1 Å². The van der Waals surface area contributed by atoms with Crippen molar-refractivity contribution in [3.8, 4) is 11.5 Å². The summed E-state index contributed by atoms with van der Waals surface area (Å²) in [4.78, 5) is 50.6. The van der Waals surface area contributed by atoms with Crippen LogP contribution in [0.15, 0.2) is 48.5 Å². The molecule has 2 aromatic rings. The van der Waals surface area contributed by atoms with Gasteiger partial charge in [-0.1, -0.05) is 38.1 Å². The minimum absolute atomic E-state index is 0.00835. The molecule has 0 saturated carbocycles. The highest BCUT2D eigenvalue weighted by Crippen LogP contribution is 2.35. The molecule has 3 amide bonds. The largest absolute Gasteiger partial charge is 0.497 e. The molecule has 0 fully saturated rings. The maximum Gasteiger partial charge on any atom is 0.452 e. The zero-order valence-corrected chi connectivity index (χ0v) is 22.9. The van der Waals surface area contributed by atoms with E-state index in [-0.39, 0.29) is 11.3 Å². The normalized spacial score (nSPS) is 13.9. The molecule has 0 aliphatic rings. The van der Waals surface area contributed by atoms with Gasteiger partial charge in [-0.25, -0.2) is 0 Å². The van der Waals surface area contributed by atoms with Crippen molar-refractivity contribution in [1.29, 1.82) is 0 Å². The van der Waals surface area contributed by atoms with Crippen LogP contribution in [0.1, 0.15) is 31.0 Å². The third kappa shape index (κ3) is 8.15. The highest BCUT2D eigenvalue weighted by atomic mass is 19.4. The standard InChI is InChI=1S/C27H30F5N3O7/c1-14(2)20(22(37)27(30,31)32)34-24(39)21(15-9-11-16(41-3)12-10-15)35-23(38)18(13-36)33-25(40)26(28,29)17-7-5-6-8-19(17)42-4/h5-12,14,18,20-21,36H,13H2,1-4H3,(H,33,40)(H,34,39)(H,35,38). The number of alkyl halides is 5. The summed E-state index contributed by atoms with van der Waals surface area (Å²) >= 11 is 0. The van der Waals surface area contributed by atoms with Crippen LogP contribution in [0.2, 0.25) is 0 Å². The Kier molecular flexibility index (Phi) is 11.4. The summed E-state index contributed by atoms with van der Waals surface area (Å²) in [5, 5.41) is 15.5. The molecule has 4 N–H and O–H groups in total. The predicted octanol–water partition coefficient (Wildman–Crippen LogP) is 2.40. The number of carbonyl (C=O) groups is 4. The Balaban J connectivity index is 2.36. The molecule has 230 valence electrons. The Morgan fingerprint density at radius 3 is 1.93 bits per heavy atom. The van der Waals surface area contributed by atoms with Gasteiger partial charge in [0.15, 0.2) is 0 Å². The lowest BCUT2D eigenvalue weighted by Gasteiger charge is -2.27. The van der Waals surface area contributed by atoms with E-state index in [2.05, 4.69) is 5.32 Å². The summed E-state index contributed by atoms with van der Waals surface area (Å²) in [5.41, 5.74) is -0.836. The maximum absolute atomic E-state index is 15.0. The highest BCUT2D eigenvalue weighted by molar-refractivity contribution is 5.97. The van der Waals surface area contributed by atoms with E-state index in [4.69, 9.17) is 9.47 Å². The first-order valence-electron chi connectivity index (χ1n) is 12.4. The Labute approximate surface area is 237 Å². The third-order valence-electron chi connectivity index (χ3n) is 6.06. The molecule has 0 spiro atoms.